The van der Waals surface area contributed by atoms with Crippen molar-refractivity contribution in [2.45, 2.75) is 13.0 Å². The molecule has 2 N–H and O–H groups in total. The van der Waals surface area contributed by atoms with E-state index in [1.165, 1.54) is 18.3 Å². The van der Waals surface area contributed by atoms with Crippen LogP contribution < -0.4 is 10.3 Å². The Hall–Kier alpha value is -3.69. The summed E-state index contributed by atoms with van der Waals surface area (Å²) in [6.45, 7) is 4.62. The van der Waals surface area contributed by atoms with Crippen LogP contribution in [0.4, 0.5) is 10.1 Å². The van der Waals surface area contributed by atoms with E-state index in [2.05, 4.69) is 9.80 Å². The van der Waals surface area contributed by atoms with Gasteiger partial charge in [0.25, 0.3) is 5.78 Å². The molecule has 0 bridgehead atoms. The predicted molar refractivity (Wildman–Crippen MR) is 141 cm³/mol. The minimum absolute atomic E-state index is 0.204. The molecule has 0 spiro atoms. The number of nitrogens with zero attached hydrogens (tertiary/aromatic N) is 3. The second-order valence-corrected chi connectivity index (χ2v) is 9.28. The zero-order chi connectivity index (χ0) is 26.5. The first-order valence-corrected chi connectivity index (χ1v) is 12.4. The third-order valence-electron chi connectivity index (χ3n) is 6.43. The Bertz CT molecular complexity index is 1400. The van der Waals surface area contributed by atoms with Crippen LogP contribution in [0.2, 0.25) is 0 Å². The number of benzene rings is 2. The summed E-state index contributed by atoms with van der Waals surface area (Å²) in [6, 6.07) is 11.3. The second kappa shape index (κ2) is 11.6. The lowest BCUT2D eigenvalue weighted by atomic mass is 10.1. The molecule has 1 fully saturated rings. The molecule has 0 radical (unpaired) electrons. The Labute approximate surface area is 217 Å². The summed E-state index contributed by atoms with van der Waals surface area (Å²) in [6.07, 6.45) is 2.85. The molecule has 3 aromatic rings. The lowest BCUT2D eigenvalue weighted by Crippen LogP contribution is -2.46. The number of carbonyl (C=O) groups is 2. The van der Waals surface area contributed by atoms with Crippen molar-refractivity contribution in [3.05, 3.63) is 81.9 Å². The summed E-state index contributed by atoms with van der Waals surface area (Å²) in [7, 11) is 0. The van der Waals surface area contributed by atoms with Gasteiger partial charge in [0.15, 0.2) is 5.43 Å². The van der Waals surface area contributed by atoms with Gasteiger partial charge in [0.2, 0.25) is 0 Å². The number of aliphatic hydroxyl groups excluding tert-OH is 1. The van der Waals surface area contributed by atoms with Crippen molar-refractivity contribution in [3.8, 4) is 0 Å². The fourth-order valence-corrected chi connectivity index (χ4v) is 4.57. The van der Waals surface area contributed by atoms with Crippen LogP contribution in [0.15, 0.2) is 59.5 Å². The molecule has 37 heavy (non-hydrogen) atoms. The monoisotopic (exact) mass is 527 g/mol. The number of piperazine rings is 1. The molecule has 2 heterocycles. The van der Waals surface area contributed by atoms with E-state index in [1.807, 2.05) is 12.1 Å². The molecule has 1 aliphatic rings. The van der Waals surface area contributed by atoms with Gasteiger partial charge in [0.05, 0.1) is 11.1 Å². The highest BCUT2D eigenvalue weighted by molar-refractivity contribution is 6.38. The van der Waals surface area contributed by atoms with Gasteiger partial charge in [-0.25, -0.2) is 9.18 Å². The van der Waals surface area contributed by atoms with Gasteiger partial charge in [-0.3, -0.25) is 14.5 Å². The number of hydrogen-bond acceptors (Lipinski definition) is 6. The zero-order valence-electron chi connectivity index (χ0n) is 20.1. The Morgan fingerprint density at radius 2 is 1.73 bits per heavy atom. The average Bonchev–Trinajstić information content (AvgIpc) is 2.90. The molecule has 1 saturated heterocycles. The Morgan fingerprint density at radius 1 is 1.03 bits per heavy atom. The fraction of sp³-hybridized carbons (Fsp3) is 0.296. The van der Waals surface area contributed by atoms with Crippen LogP contribution in [-0.4, -0.2) is 70.0 Å². The van der Waals surface area contributed by atoms with Crippen LogP contribution in [0.3, 0.4) is 0 Å². The van der Waals surface area contributed by atoms with E-state index in [0.717, 1.165) is 50.4 Å². The first-order chi connectivity index (χ1) is 17.8. The molecule has 8 nitrogen and oxygen atoms in total. The maximum absolute atomic E-state index is 13.5. The topological polar surface area (TPSA) is 103 Å². The first kappa shape index (κ1) is 26.4. The number of anilines is 1. The first-order valence-electron chi connectivity index (χ1n) is 11.9. The van der Waals surface area contributed by atoms with Gasteiger partial charge in [-0.15, -0.1) is 11.6 Å². The summed E-state index contributed by atoms with van der Waals surface area (Å²) in [5, 5.41) is 19.6. The number of halogens is 2. The third kappa shape index (κ3) is 6.18. The molecule has 0 unspecified atom stereocenters. The van der Waals surface area contributed by atoms with Crippen LogP contribution >= 0.6 is 11.6 Å². The number of carboxylic acid groups (broad SMARTS) is 1. The van der Waals surface area contributed by atoms with Crippen molar-refractivity contribution in [1.82, 2.24) is 9.47 Å². The smallest absolute Gasteiger partial charge is 0.376 e. The summed E-state index contributed by atoms with van der Waals surface area (Å²) in [4.78, 5) is 40.4. The number of rotatable bonds is 9. The van der Waals surface area contributed by atoms with Crippen molar-refractivity contribution in [3.63, 3.8) is 0 Å². The molecule has 4 rings (SSSR count). The van der Waals surface area contributed by atoms with Crippen molar-refractivity contribution in [1.29, 1.82) is 0 Å². The number of fused-ring (bicyclic) bond motifs is 1. The minimum Gasteiger partial charge on any atom is -0.507 e. The number of aromatic nitrogens is 1. The third-order valence-corrected chi connectivity index (χ3v) is 6.70. The molecule has 194 valence electrons. The highest BCUT2D eigenvalue weighted by atomic mass is 35.5. The van der Waals surface area contributed by atoms with Gasteiger partial charge in [-0.1, -0.05) is 12.1 Å². The van der Waals surface area contributed by atoms with Gasteiger partial charge < -0.3 is 19.7 Å². The molecule has 1 aromatic heterocycles. The van der Waals surface area contributed by atoms with Crippen LogP contribution in [0.5, 0.6) is 0 Å². The predicted octanol–water partition coefficient (Wildman–Crippen LogP) is 3.49. The van der Waals surface area contributed by atoms with Gasteiger partial charge in [0.1, 0.15) is 11.6 Å². The zero-order valence-corrected chi connectivity index (χ0v) is 20.8. The fourth-order valence-electron chi connectivity index (χ4n) is 4.45. The number of carboxylic acids is 1. The molecule has 0 aliphatic carbocycles. The Balaban J connectivity index is 1.75. The van der Waals surface area contributed by atoms with E-state index in [4.69, 9.17) is 16.7 Å². The molecule has 10 heteroatoms. The summed E-state index contributed by atoms with van der Waals surface area (Å²) in [5.41, 5.74) is 1.54. The van der Waals surface area contributed by atoms with Gasteiger partial charge in [0, 0.05) is 62.0 Å². The van der Waals surface area contributed by atoms with Crippen molar-refractivity contribution in [2.24, 2.45) is 0 Å². The van der Waals surface area contributed by atoms with Crippen molar-refractivity contribution < 1.29 is 24.2 Å². The summed E-state index contributed by atoms with van der Waals surface area (Å²) < 4.78 is 15.2. The molecule has 0 amide bonds. The van der Waals surface area contributed by atoms with Gasteiger partial charge >= 0.3 is 5.97 Å². The minimum atomic E-state index is -1.74. The van der Waals surface area contributed by atoms with Crippen LogP contribution in [0, 0.1) is 5.82 Å². The maximum Gasteiger partial charge on any atom is 0.376 e. The highest BCUT2D eigenvalue weighted by Crippen LogP contribution is 2.24. The largest absolute Gasteiger partial charge is 0.507 e. The number of aliphatic hydroxyl groups is 1. The van der Waals surface area contributed by atoms with Crippen LogP contribution in [0.1, 0.15) is 17.5 Å². The number of carbonyl (C=O) groups excluding carboxylic acids is 1. The highest BCUT2D eigenvalue weighted by Gasteiger charge is 2.20. The molecular formula is C27H27ClFN3O5. The number of alkyl halides is 1. The molecule has 1 aliphatic heterocycles. The maximum atomic E-state index is 13.5. The number of ketones is 1. The molecule has 2 aromatic carbocycles. The normalized spacial score (nSPS) is 14.8. The summed E-state index contributed by atoms with van der Waals surface area (Å²) >= 11 is 5.82. The number of hydrogen-bond donors (Lipinski definition) is 2. The van der Waals surface area contributed by atoms with E-state index < -0.39 is 22.9 Å². The van der Waals surface area contributed by atoms with Crippen molar-refractivity contribution >= 4 is 45.7 Å². The van der Waals surface area contributed by atoms with Crippen molar-refractivity contribution in [2.75, 3.05) is 43.5 Å². The molecule has 0 saturated carbocycles. The van der Waals surface area contributed by atoms with Crippen LogP contribution in [0.25, 0.3) is 16.7 Å². The van der Waals surface area contributed by atoms with E-state index in [9.17, 15) is 23.9 Å². The van der Waals surface area contributed by atoms with Crippen LogP contribution in [-0.2, 0) is 16.1 Å². The van der Waals surface area contributed by atoms with Gasteiger partial charge in [-0.2, -0.15) is 0 Å². The summed E-state index contributed by atoms with van der Waals surface area (Å²) in [5.74, 6) is -3.57. The SMILES string of the molecule is O=C(O)C(=O)C=C(O)c1cn(Cc2ccc(F)cc2)c2cc(N3CCN(CCCCl)CC3)ccc2c1=O. The van der Waals surface area contributed by atoms with E-state index in [1.54, 1.807) is 22.8 Å². The Kier molecular flexibility index (Phi) is 8.25. The van der Waals surface area contributed by atoms with E-state index in [0.29, 0.717) is 22.9 Å². The second-order valence-electron chi connectivity index (χ2n) is 8.90. The lowest BCUT2D eigenvalue weighted by Gasteiger charge is -2.36. The quantitative estimate of drug-likeness (QED) is 0.190. The average molecular weight is 528 g/mol. The van der Waals surface area contributed by atoms with E-state index in [-0.39, 0.29) is 17.9 Å². The molecule has 0 atom stereocenters. The molecular weight excluding hydrogens is 501 g/mol. The standard InChI is InChI=1S/C27H27ClFN3O5/c28-8-1-9-30-10-12-31(13-11-30)20-6-7-21-23(14-20)32(16-18-2-4-19(29)5-3-18)17-22(26(21)35)24(33)15-25(34)27(36)37/h2-7,14-15,17,33H,1,8-13,16H2,(H,36,37). The number of pyridine rings is 1. The van der Waals surface area contributed by atoms with Gasteiger partial charge in [-0.05, 0) is 48.9 Å². The Morgan fingerprint density at radius 3 is 2.38 bits per heavy atom. The van der Waals surface area contributed by atoms with E-state index >= 15 is 0 Å². The number of aliphatic carboxylic acids is 1. The lowest BCUT2D eigenvalue weighted by molar-refractivity contribution is -0.146.